The van der Waals surface area contributed by atoms with Gasteiger partial charge in [0.15, 0.2) is 0 Å². The number of aliphatic hydroxyl groups is 1. The first-order valence-electron chi connectivity index (χ1n) is 13.9. The largest absolute Gasteiger partial charge is 0.461 e. The van der Waals surface area contributed by atoms with Crippen LogP contribution in [0, 0.1) is 11.8 Å². The Morgan fingerprint density at radius 1 is 1.17 bits per heavy atom. The van der Waals surface area contributed by atoms with Gasteiger partial charge in [-0.1, -0.05) is 75.1 Å². The molecule has 1 saturated carbocycles. The molecule has 0 aromatic heterocycles. The van der Waals surface area contributed by atoms with Crippen LogP contribution in [0.1, 0.15) is 76.7 Å². The highest BCUT2D eigenvalue weighted by atomic mass is 31.0. The van der Waals surface area contributed by atoms with Crippen molar-refractivity contribution in [3.63, 3.8) is 0 Å². The topological polar surface area (TPSA) is 65.0 Å². The summed E-state index contributed by atoms with van der Waals surface area (Å²) in [4.78, 5) is 12.0. The summed E-state index contributed by atoms with van der Waals surface area (Å²) in [5.41, 5.74) is 0.955. The molecule has 4 unspecified atom stereocenters. The van der Waals surface area contributed by atoms with E-state index in [1.807, 2.05) is 37.3 Å². The summed E-state index contributed by atoms with van der Waals surface area (Å²) in [6, 6.07) is 9.54. The van der Waals surface area contributed by atoms with Crippen LogP contribution in [0.15, 0.2) is 42.5 Å². The Hall–Kier alpha value is -0.970. The van der Waals surface area contributed by atoms with Gasteiger partial charge in [0.25, 0.3) is 5.92 Å². The van der Waals surface area contributed by atoms with E-state index in [-0.39, 0.29) is 43.0 Å². The zero-order valence-corrected chi connectivity index (χ0v) is 23.0. The van der Waals surface area contributed by atoms with Gasteiger partial charge in [0.05, 0.1) is 14.8 Å². The Morgan fingerprint density at radius 2 is 1.89 bits per heavy atom. The van der Waals surface area contributed by atoms with Gasteiger partial charge in [-0.3, -0.25) is 4.79 Å². The van der Waals surface area contributed by atoms with Crippen molar-refractivity contribution < 1.29 is 32.5 Å². The third kappa shape index (κ3) is 10.4. The fourth-order valence-electron chi connectivity index (χ4n) is 4.74. The molecule has 0 heterocycles. The molecule has 7 atom stereocenters. The van der Waals surface area contributed by atoms with Gasteiger partial charge in [0.2, 0.25) is 0 Å². The molecule has 36 heavy (non-hydrogen) atoms. The summed E-state index contributed by atoms with van der Waals surface area (Å²) in [5, 5.41) is 10.1. The van der Waals surface area contributed by atoms with Crippen LogP contribution in [-0.4, -0.2) is 37.9 Å². The molecule has 1 aliphatic rings. The summed E-state index contributed by atoms with van der Waals surface area (Å²) in [5.74, 6) is -3.75. The van der Waals surface area contributed by atoms with Crippen molar-refractivity contribution in [1.29, 1.82) is 2.56 Å². The Kier molecular flexibility index (Phi) is 13.1. The molecule has 204 valence electrons. The van der Waals surface area contributed by atoms with Gasteiger partial charge in [-0.15, -0.1) is 0 Å². The Morgan fingerprint density at radius 3 is 2.61 bits per heavy atom. The Balaban J connectivity index is 1.85. The van der Waals surface area contributed by atoms with Crippen LogP contribution < -0.4 is 0 Å². The lowest BCUT2D eigenvalue weighted by Crippen LogP contribution is -2.32. The fraction of sp³-hybridized carbons (Fsp3) is 0.667. The first-order valence-corrected chi connectivity index (χ1v) is 13.7. The molecule has 1 N–H and O–H groups in total. The van der Waals surface area contributed by atoms with Crippen molar-refractivity contribution >= 4 is 24.8 Å². The molecule has 0 saturated heterocycles. The monoisotopic (exact) mass is 550 g/mol. The predicted octanol–water partition coefficient (Wildman–Crippen LogP) is 6.80. The van der Waals surface area contributed by atoms with E-state index in [4.69, 9.17) is 16.3 Å². The molecule has 0 radical (unpaired) electrons. The van der Waals surface area contributed by atoms with Gasteiger partial charge >= 0.3 is 5.97 Å². The number of carbonyl (C=O) groups is 1. The highest BCUT2D eigenvalue weighted by molar-refractivity contribution is 7.10. The van der Waals surface area contributed by atoms with Crippen molar-refractivity contribution in [2.75, 3.05) is 0 Å². The first kappa shape index (κ1) is 28.0. The van der Waals surface area contributed by atoms with Gasteiger partial charge in [0, 0.05) is 44.0 Å². The van der Waals surface area contributed by atoms with Crippen LogP contribution in [-0.2, 0) is 25.2 Å². The molecular formula is C27H42F2O5P2. The molecule has 5 nitrogen and oxygen atoms in total. The second kappa shape index (κ2) is 16.8. The van der Waals surface area contributed by atoms with Gasteiger partial charge in [-0.25, -0.2) is 8.78 Å². The summed E-state index contributed by atoms with van der Waals surface area (Å²) in [6.07, 6.45) is 5.76. The zero-order chi connectivity index (χ0) is 27.8. The molecule has 0 spiro atoms. The van der Waals surface area contributed by atoms with Crippen LogP contribution in [0.3, 0.4) is 0 Å². The average Bonchev–Trinajstić information content (AvgIpc) is 3.23. The maximum atomic E-state index is 14.3. The van der Waals surface area contributed by atoms with E-state index in [2.05, 4.69) is 0 Å². The minimum Gasteiger partial charge on any atom is -0.461 e. The molecule has 1 aromatic carbocycles. The minimum absolute atomic E-state index is 0.0576. The van der Waals surface area contributed by atoms with Gasteiger partial charge in [-0.05, 0) is 30.7 Å². The second-order valence-electron chi connectivity index (χ2n) is 9.58. The number of hydrogen-bond acceptors (Lipinski definition) is 5. The third-order valence-corrected chi connectivity index (χ3v) is 7.50. The van der Waals surface area contributed by atoms with Crippen LogP contribution in [0.25, 0.3) is 0 Å². The molecule has 0 aliphatic heterocycles. The van der Waals surface area contributed by atoms with E-state index in [0.29, 0.717) is 25.7 Å². The second-order valence-corrected chi connectivity index (χ2v) is 10.1. The quantitative estimate of drug-likeness (QED) is 0.0889. The molecule has 1 aromatic rings. The molecule has 9 heteroatoms. The van der Waals surface area contributed by atoms with E-state index < -0.39 is 30.9 Å². The van der Waals surface area contributed by atoms with Crippen LogP contribution in [0.4, 0.5) is 8.78 Å². The normalized spacial score (nSPS) is 24.7. The lowest BCUT2D eigenvalue weighted by atomic mass is 9.87. The van der Waals surface area contributed by atoms with Crippen molar-refractivity contribution in [1.82, 2.24) is 0 Å². The lowest BCUT2D eigenvalue weighted by Gasteiger charge is -2.25. The van der Waals surface area contributed by atoms with E-state index in [9.17, 15) is 18.7 Å². The molecule has 2 rings (SSSR count). The predicted molar refractivity (Wildman–Crippen MR) is 144 cm³/mol. The number of hydrogen-bond donors (Lipinski definition) is 1. The van der Waals surface area contributed by atoms with Crippen molar-refractivity contribution in [2.45, 2.75) is 102 Å². The van der Waals surface area contributed by atoms with Gasteiger partial charge < -0.3 is 18.9 Å². The number of esters is 1. The number of unbranched alkanes of at least 4 members (excludes halogenated alkanes) is 4. The van der Waals surface area contributed by atoms with Crippen molar-refractivity contribution in [3.8, 4) is 0 Å². The summed E-state index contributed by atoms with van der Waals surface area (Å²) in [6.45, 7) is 2.10. The average molecular weight is 551 g/mol. The number of aliphatic hydroxyl groups excluding tert-OH is 1. The number of benzene rings is 1. The standard InChI is InChI=1S/C27H42F2O5P2/c1-2-3-17-27(28,29)25(30)16-15-22-21(23(33-35)18-24(22)34-36)13-9-4-5-10-14-26(31)32-19-20-11-7-6-8-12-20/h6-8,11-12,15-16,21-25,30H,2-5,9-10,13-14,17-19,35-36H2,1H3/t21?,22-,23+,24-,25?/m1/s1/i35T,36T/t21?,22-,23+,24-,25?,35?,36?. The Labute approximate surface area is 221 Å². The maximum absolute atomic E-state index is 14.3. The van der Waals surface area contributed by atoms with Crippen LogP contribution >= 0.6 is 18.8 Å². The summed E-state index contributed by atoms with van der Waals surface area (Å²) in [7, 11) is -0.958. The lowest BCUT2D eigenvalue weighted by molar-refractivity contribution is -0.145. The highest BCUT2D eigenvalue weighted by Crippen LogP contribution is 2.42. The van der Waals surface area contributed by atoms with Crippen molar-refractivity contribution in [2.24, 2.45) is 11.8 Å². The number of ether oxygens (including phenoxy) is 1. The number of alkyl halides is 2. The van der Waals surface area contributed by atoms with Gasteiger partial charge in [0.1, 0.15) is 12.7 Å². The highest BCUT2D eigenvalue weighted by Gasteiger charge is 2.43. The van der Waals surface area contributed by atoms with Crippen LogP contribution in [0.5, 0.6) is 0 Å². The fourth-order valence-corrected chi connectivity index (χ4v) is 5.26. The Bertz CT molecular complexity index is 822. The number of halogens is 2. The number of carbonyl (C=O) groups excluding carboxylic acids is 1. The zero-order valence-electron chi connectivity index (χ0n) is 23.0. The molecule has 0 bridgehead atoms. The third-order valence-electron chi connectivity index (χ3n) is 6.89. The van der Waals surface area contributed by atoms with E-state index >= 15 is 0 Å². The molecule has 1 aliphatic carbocycles. The van der Waals surface area contributed by atoms with E-state index in [1.54, 1.807) is 6.08 Å². The molecule has 0 amide bonds. The maximum Gasteiger partial charge on any atom is 0.306 e. The molecular weight excluding hydrogens is 504 g/mol. The van der Waals surface area contributed by atoms with Crippen molar-refractivity contribution in [3.05, 3.63) is 48.0 Å². The van der Waals surface area contributed by atoms with E-state index in [1.165, 1.54) is 6.08 Å². The van der Waals surface area contributed by atoms with Crippen LogP contribution in [0.2, 0.25) is 0 Å². The summed E-state index contributed by atoms with van der Waals surface area (Å²) < 4.78 is 60.2. The first-order chi connectivity index (χ1) is 18.3. The smallest absolute Gasteiger partial charge is 0.306 e. The number of rotatable bonds is 19. The van der Waals surface area contributed by atoms with E-state index in [0.717, 1.165) is 37.7 Å². The minimum atomic E-state index is -3.20. The molecule has 1 fully saturated rings. The van der Waals surface area contributed by atoms with Gasteiger partial charge in [-0.2, -0.15) is 0 Å². The SMILES string of the molecule is [3H]PO[C@H]1C[C@@H](OP[3H])[C@H](C=CC(O)C(F)(F)CCCC)C1CCCCCCC(=O)OCc1ccccc1. The summed E-state index contributed by atoms with van der Waals surface area (Å²) >= 11 is 0.